The summed E-state index contributed by atoms with van der Waals surface area (Å²) in [4.78, 5) is 4.10. The second-order valence-corrected chi connectivity index (χ2v) is 3.68. The number of nitrogens with one attached hydrogen (secondary N) is 1. The third-order valence-corrected chi connectivity index (χ3v) is 2.67. The Morgan fingerprint density at radius 3 is 2.82 bits per heavy atom. The average molecular weight is 232 g/mol. The minimum Gasteiger partial charge on any atom is -0.379 e. The zero-order chi connectivity index (χ0) is 12.1. The minimum atomic E-state index is -0.243. The highest BCUT2D eigenvalue weighted by Gasteiger charge is 2.05. The van der Waals surface area contributed by atoms with E-state index >= 15 is 0 Å². The van der Waals surface area contributed by atoms with Gasteiger partial charge in [0.25, 0.3) is 0 Å². The molecule has 2 rings (SSSR count). The monoisotopic (exact) mass is 232 g/mol. The van der Waals surface area contributed by atoms with Gasteiger partial charge in [-0.3, -0.25) is 4.98 Å². The van der Waals surface area contributed by atoms with E-state index in [1.54, 1.807) is 20.4 Å². The molecule has 0 bridgehead atoms. The molecular weight excluding hydrogens is 216 g/mol. The summed E-state index contributed by atoms with van der Waals surface area (Å²) in [5.74, 6) is 0. The lowest BCUT2D eigenvalue weighted by Crippen LogP contribution is -2.23. The molecule has 0 fully saturated rings. The number of benzene rings is 1. The third kappa shape index (κ3) is 2.72. The van der Waals surface area contributed by atoms with Crippen LogP contribution in [-0.2, 0) is 9.47 Å². The Morgan fingerprint density at radius 2 is 2.06 bits per heavy atom. The summed E-state index contributed by atoms with van der Waals surface area (Å²) < 4.78 is 10.3. The van der Waals surface area contributed by atoms with Crippen molar-refractivity contribution in [2.75, 3.05) is 26.1 Å². The van der Waals surface area contributed by atoms with Crippen LogP contribution in [0.4, 0.5) is 5.69 Å². The highest BCUT2D eigenvalue weighted by atomic mass is 16.7. The molecule has 17 heavy (non-hydrogen) atoms. The maximum absolute atomic E-state index is 5.14. The van der Waals surface area contributed by atoms with Crippen LogP contribution in [0.3, 0.4) is 0 Å². The van der Waals surface area contributed by atoms with E-state index in [4.69, 9.17) is 9.47 Å². The maximum Gasteiger partial charge on any atom is 0.173 e. The van der Waals surface area contributed by atoms with E-state index in [0.29, 0.717) is 6.54 Å². The number of aromatic nitrogens is 1. The van der Waals surface area contributed by atoms with Gasteiger partial charge in [0.2, 0.25) is 0 Å². The summed E-state index contributed by atoms with van der Waals surface area (Å²) in [5, 5.41) is 5.57. The van der Waals surface area contributed by atoms with Gasteiger partial charge in [0.05, 0.1) is 6.54 Å². The molecule has 90 valence electrons. The van der Waals surface area contributed by atoms with Crippen molar-refractivity contribution in [3.63, 3.8) is 0 Å². The van der Waals surface area contributed by atoms with Gasteiger partial charge in [-0.2, -0.15) is 0 Å². The first-order chi connectivity index (χ1) is 8.35. The first-order valence-corrected chi connectivity index (χ1v) is 5.47. The van der Waals surface area contributed by atoms with Gasteiger partial charge in [-0.1, -0.05) is 12.1 Å². The highest BCUT2D eigenvalue weighted by molar-refractivity contribution is 5.93. The zero-order valence-corrected chi connectivity index (χ0v) is 10.0. The van der Waals surface area contributed by atoms with E-state index in [1.165, 1.54) is 0 Å². The number of rotatable bonds is 5. The van der Waals surface area contributed by atoms with Crippen molar-refractivity contribution in [2.45, 2.75) is 6.29 Å². The highest BCUT2D eigenvalue weighted by Crippen LogP contribution is 2.21. The quantitative estimate of drug-likeness (QED) is 0.803. The summed E-state index contributed by atoms with van der Waals surface area (Å²) in [6.07, 6.45) is 3.40. The molecule has 4 heteroatoms. The lowest BCUT2D eigenvalue weighted by atomic mass is 10.1. The average Bonchev–Trinajstić information content (AvgIpc) is 2.40. The molecule has 0 unspecified atom stereocenters. The van der Waals surface area contributed by atoms with Crippen LogP contribution in [0.15, 0.2) is 36.7 Å². The molecule has 0 spiro atoms. The Bertz CT molecular complexity index is 478. The number of anilines is 1. The molecular formula is C13H16N2O2. The van der Waals surface area contributed by atoms with Gasteiger partial charge in [-0.15, -0.1) is 0 Å². The topological polar surface area (TPSA) is 43.4 Å². The molecule has 0 aliphatic heterocycles. The standard InChI is InChI=1S/C13H16N2O2/c1-16-13(17-2)9-15-12-5-3-4-10-8-14-7-6-11(10)12/h3-8,13,15H,9H2,1-2H3. The molecule has 1 aromatic carbocycles. The van der Waals surface area contributed by atoms with E-state index in [0.717, 1.165) is 16.5 Å². The summed E-state index contributed by atoms with van der Waals surface area (Å²) in [7, 11) is 3.26. The van der Waals surface area contributed by atoms with Gasteiger partial charge in [0.15, 0.2) is 6.29 Å². The van der Waals surface area contributed by atoms with E-state index in [2.05, 4.69) is 10.3 Å². The van der Waals surface area contributed by atoms with Crippen LogP contribution in [-0.4, -0.2) is 32.0 Å². The number of hydrogen-bond donors (Lipinski definition) is 1. The van der Waals surface area contributed by atoms with E-state index in [-0.39, 0.29) is 6.29 Å². The summed E-state index contributed by atoms with van der Waals surface area (Å²) >= 11 is 0. The molecule has 1 aromatic heterocycles. The van der Waals surface area contributed by atoms with Crippen LogP contribution in [0.1, 0.15) is 0 Å². The Kier molecular flexibility index (Phi) is 3.90. The van der Waals surface area contributed by atoms with Gasteiger partial charge in [-0.25, -0.2) is 0 Å². The molecule has 0 amide bonds. The Hall–Kier alpha value is -1.65. The number of hydrogen-bond acceptors (Lipinski definition) is 4. The van der Waals surface area contributed by atoms with Crippen molar-refractivity contribution in [2.24, 2.45) is 0 Å². The van der Waals surface area contributed by atoms with Gasteiger partial charge in [0.1, 0.15) is 0 Å². The van der Waals surface area contributed by atoms with E-state index in [9.17, 15) is 0 Å². The van der Waals surface area contributed by atoms with Crippen LogP contribution in [0, 0.1) is 0 Å². The molecule has 0 aliphatic rings. The minimum absolute atomic E-state index is 0.243. The van der Waals surface area contributed by atoms with Crippen molar-refractivity contribution in [1.82, 2.24) is 4.98 Å². The van der Waals surface area contributed by atoms with Crippen molar-refractivity contribution in [3.8, 4) is 0 Å². The number of fused-ring (bicyclic) bond motifs is 1. The molecule has 1 heterocycles. The number of methoxy groups -OCH3 is 2. The van der Waals surface area contributed by atoms with Gasteiger partial charge < -0.3 is 14.8 Å². The SMILES string of the molecule is COC(CNc1cccc2cnccc12)OC. The van der Waals surface area contributed by atoms with Crippen molar-refractivity contribution in [1.29, 1.82) is 0 Å². The Labute approximate surface area is 101 Å². The van der Waals surface area contributed by atoms with Crippen LogP contribution in [0.2, 0.25) is 0 Å². The van der Waals surface area contributed by atoms with E-state index < -0.39 is 0 Å². The lowest BCUT2D eigenvalue weighted by Gasteiger charge is -2.16. The summed E-state index contributed by atoms with van der Waals surface area (Å²) in [6, 6.07) is 8.07. The number of pyridine rings is 1. The molecule has 1 N–H and O–H groups in total. The number of ether oxygens (including phenoxy) is 2. The molecule has 0 atom stereocenters. The van der Waals surface area contributed by atoms with Crippen LogP contribution in [0.5, 0.6) is 0 Å². The van der Waals surface area contributed by atoms with Crippen molar-refractivity contribution < 1.29 is 9.47 Å². The molecule has 2 aromatic rings. The zero-order valence-electron chi connectivity index (χ0n) is 10.0. The fourth-order valence-corrected chi connectivity index (χ4v) is 1.73. The summed E-state index contributed by atoms with van der Waals surface area (Å²) in [5.41, 5.74) is 1.06. The third-order valence-electron chi connectivity index (χ3n) is 2.67. The fourth-order valence-electron chi connectivity index (χ4n) is 1.73. The molecule has 0 saturated heterocycles. The molecule has 0 aliphatic carbocycles. The van der Waals surface area contributed by atoms with Crippen molar-refractivity contribution >= 4 is 16.5 Å². The Balaban J connectivity index is 2.18. The Morgan fingerprint density at radius 1 is 1.24 bits per heavy atom. The van der Waals surface area contributed by atoms with Gasteiger partial charge in [0, 0.05) is 43.1 Å². The molecule has 4 nitrogen and oxygen atoms in total. The lowest BCUT2D eigenvalue weighted by molar-refractivity contribution is -0.0913. The van der Waals surface area contributed by atoms with Crippen LogP contribution >= 0.6 is 0 Å². The van der Waals surface area contributed by atoms with Gasteiger partial charge in [-0.05, 0) is 12.1 Å². The maximum atomic E-state index is 5.14. The number of nitrogens with zero attached hydrogens (tertiary/aromatic N) is 1. The predicted octanol–water partition coefficient (Wildman–Crippen LogP) is 2.27. The smallest absolute Gasteiger partial charge is 0.173 e. The normalized spacial score (nSPS) is 11.0. The van der Waals surface area contributed by atoms with Crippen molar-refractivity contribution in [3.05, 3.63) is 36.7 Å². The van der Waals surface area contributed by atoms with Crippen LogP contribution < -0.4 is 5.32 Å². The molecule has 0 radical (unpaired) electrons. The van der Waals surface area contributed by atoms with Crippen LogP contribution in [0.25, 0.3) is 10.8 Å². The van der Waals surface area contributed by atoms with E-state index in [1.807, 2.05) is 30.5 Å². The largest absolute Gasteiger partial charge is 0.379 e. The molecule has 0 saturated carbocycles. The predicted molar refractivity (Wildman–Crippen MR) is 68.0 cm³/mol. The van der Waals surface area contributed by atoms with Gasteiger partial charge >= 0.3 is 0 Å². The fraction of sp³-hybridized carbons (Fsp3) is 0.308. The second kappa shape index (κ2) is 5.61. The first kappa shape index (κ1) is 11.8. The first-order valence-electron chi connectivity index (χ1n) is 5.47. The summed E-state index contributed by atoms with van der Waals surface area (Å²) in [6.45, 7) is 0.606. The second-order valence-electron chi connectivity index (χ2n) is 3.68.